The lowest BCUT2D eigenvalue weighted by atomic mass is 9.77. The number of nitrogens with zero attached hydrogens (tertiary/aromatic N) is 1. The van der Waals surface area contributed by atoms with Crippen LogP contribution in [0, 0.1) is 18.0 Å². The van der Waals surface area contributed by atoms with Crippen LogP contribution in [0.25, 0.3) is 10.9 Å². The molecule has 1 aromatic carbocycles. The van der Waals surface area contributed by atoms with E-state index in [1.54, 1.807) is 0 Å². The van der Waals surface area contributed by atoms with Crippen LogP contribution < -0.4 is 5.32 Å². The summed E-state index contributed by atoms with van der Waals surface area (Å²) in [4.78, 5) is 4.50. The van der Waals surface area contributed by atoms with Gasteiger partial charge < -0.3 is 5.32 Å². The quantitative estimate of drug-likeness (QED) is 0.839. The number of pyridine rings is 1. The third-order valence-electron chi connectivity index (χ3n) is 4.88. The minimum absolute atomic E-state index is 0.474. The first-order valence-electron chi connectivity index (χ1n) is 7.42. The van der Waals surface area contributed by atoms with Crippen molar-refractivity contribution in [1.82, 2.24) is 10.3 Å². The van der Waals surface area contributed by atoms with Gasteiger partial charge in [0.1, 0.15) is 0 Å². The maximum atomic E-state index is 4.50. The van der Waals surface area contributed by atoms with Crippen molar-refractivity contribution in [1.29, 1.82) is 0 Å². The molecule has 1 aromatic heterocycles. The topological polar surface area (TPSA) is 24.9 Å². The molecule has 0 amide bonds. The first kappa shape index (κ1) is 11.4. The van der Waals surface area contributed by atoms with Crippen LogP contribution in [0.3, 0.4) is 0 Å². The van der Waals surface area contributed by atoms with E-state index in [1.807, 2.05) is 6.07 Å². The summed E-state index contributed by atoms with van der Waals surface area (Å²) >= 11 is 0. The van der Waals surface area contributed by atoms with Crippen LogP contribution in [-0.2, 0) is 0 Å². The Morgan fingerprint density at radius 3 is 3.05 bits per heavy atom. The van der Waals surface area contributed by atoms with E-state index < -0.39 is 0 Å². The van der Waals surface area contributed by atoms with E-state index in [0.717, 1.165) is 17.4 Å². The van der Waals surface area contributed by atoms with E-state index in [-0.39, 0.29) is 0 Å². The smallest absolute Gasteiger partial charge is 0.0945 e. The third-order valence-corrected chi connectivity index (χ3v) is 4.88. The average Bonchev–Trinajstić information content (AvgIpc) is 2.91. The lowest BCUT2D eigenvalue weighted by Crippen LogP contribution is -2.20. The Hall–Kier alpha value is -1.41. The predicted octanol–water partition coefficient (Wildman–Crippen LogP) is 3.49. The molecule has 1 aliphatic carbocycles. The Labute approximate surface area is 114 Å². The number of fused-ring (bicyclic) bond motifs is 2. The average molecular weight is 251 g/mol. The molecule has 2 fully saturated rings. The van der Waals surface area contributed by atoms with E-state index in [0.29, 0.717) is 6.04 Å². The summed E-state index contributed by atoms with van der Waals surface area (Å²) in [6.45, 7) is 1.18. The number of para-hydroxylation sites is 1. The molecule has 1 N–H and O–H groups in total. The highest BCUT2D eigenvalue weighted by Gasteiger charge is 2.38. The molecule has 3 unspecified atom stereocenters. The minimum atomic E-state index is 0.474. The number of benzene rings is 1. The van der Waals surface area contributed by atoms with Gasteiger partial charge in [0.25, 0.3) is 0 Å². The van der Waals surface area contributed by atoms with Crippen molar-refractivity contribution in [2.45, 2.75) is 31.7 Å². The van der Waals surface area contributed by atoms with Gasteiger partial charge in [-0.1, -0.05) is 31.0 Å². The largest absolute Gasteiger partial charge is 0.309 e. The fourth-order valence-electron chi connectivity index (χ4n) is 3.89. The summed E-state index contributed by atoms with van der Waals surface area (Å²) in [5, 5.41) is 4.94. The second kappa shape index (κ2) is 4.61. The molecule has 0 bridgehead atoms. The predicted molar refractivity (Wildman–Crippen MR) is 76.8 cm³/mol. The molecule has 1 saturated heterocycles. The van der Waals surface area contributed by atoms with Crippen molar-refractivity contribution in [3.05, 3.63) is 42.1 Å². The molecule has 3 atom stereocenters. The first-order valence-corrected chi connectivity index (χ1v) is 7.42. The summed E-state index contributed by atoms with van der Waals surface area (Å²) in [5.74, 6) is 1.67. The number of nitrogens with one attached hydrogen (secondary N) is 1. The molecule has 2 nitrogen and oxygen atoms in total. The number of rotatable bonds is 1. The number of hydrogen-bond acceptors (Lipinski definition) is 2. The molecular weight excluding hydrogens is 232 g/mol. The fourth-order valence-corrected chi connectivity index (χ4v) is 3.89. The van der Waals surface area contributed by atoms with Gasteiger partial charge in [0.15, 0.2) is 0 Å². The summed E-state index contributed by atoms with van der Waals surface area (Å²) in [6.07, 6.45) is 8.84. The van der Waals surface area contributed by atoms with Crippen molar-refractivity contribution in [3.8, 4) is 0 Å². The normalized spacial score (nSPS) is 30.4. The Morgan fingerprint density at radius 2 is 2.05 bits per heavy atom. The van der Waals surface area contributed by atoms with Gasteiger partial charge in [-0.05, 0) is 48.9 Å². The lowest BCUT2D eigenvalue weighted by Gasteiger charge is -2.28. The van der Waals surface area contributed by atoms with Crippen molar-refractivity contribution >= 4 is 10.9 Å². The second-order valence-corrected chi connectivity index (χ2v) is 5.98. The van der Waals surface area contributed by atoms with Crippen LogP contribution in [0.15, 0.2) is 30.3 Å². The van der Waals surface area contributed by atoms with Crippen LogP contribution in [0.2, 0.25) is 0 Å². The van der Waals surface area contributed by atoms with Crippen LogP contribution in [-0.4, -0.2) is 11.5 Å². The minimum Gasteiger partial charge on any atom is -0.309 e. The van der Waals surface area contributed by atoms with Crippen LogP contribution in [0.4, 0.5) is 0 Å². The van der Waals surface area contributed by atoms with Gasteiger partial charge in [-0.3, -0.25) is 0 Å². The fraction of sp³-hybridized carbons (Fsp3) is 0.471. The van der Waals surface area contributed by atoms with E-state index in [1.165, 1.54) is 43.2 Å². The molecule has 97 valence electrons. The van der Waals surface area contributed by atoms with Gasteiger partial charge >= 0.3 is 0 Å². The van der Waals surface area contributed by atoms with Gasteiger partial charge in [-0.15, -0.1) is 0 Å². The summed E-state index contributed by atoms with van der Waals surface area (Å²) in [7, 11) is 0. The van der Waals surface area contributed by atoms with E-state index in [2.05, 4.69) is 40.8 Å². The molecule has 19 heavy (non-hydrogen) atoms. The highest BCUT2D eigenvalue weighted by Crippen LogP contribution is 2.42. The van der Waals surface area contributed by atoms with Gasteiger partial charge in [0, 0.05) is 11.4 Å². The Balaban J connectivity index is 1.70. The highest BCUT2D eigenvalue weighted by molar-refractivity contribution is 5.78. The van der Waals surface area contributed by atoms with Crippen LogP contribution in [0.5, 0.6) is 0 Å². The monoisotopic (exact) mass is 251 g/mol. The lowest BCUT2D eigenvalue weighted by molar-refractivity contribution is 0.266. The van der Waals surface area contributed by atoms with Gasteiger partial charge in [-0.25, -0.2) is 4.98 Å². The van der Waals surface area contributed by atoms with Crippen molar-refractivity contribution in [2.75, 3.05) is 6.54 Å². The maximum absolute atomic E-state index is 4.50. The zero-order chi connectivity index (χ0) is 12.7. The maximum Gasteiger partial charge on any atom is 0.0945 e. The van der Waals surface area contributed by atoms with Gasteiger partial charge in [-0.2, -0.15) is 0 Å². The van der Waals surface area contributed by atoms with Crippen molar-refractivity contribution in [3.63, 3.8) is 0 Å². The van der Waals surface area contributed by atoms with Crippen LogP contribution >= 0.6 is 0 Å². The SMILES string of the molecule is [c]1nc2ccccc2cc1C1NCC2CCCCC21. The summed E-state index contributed by atoms with van der Waals surface area (Å²) < 4.78 is 0. The zero-order valence-corrected chi connectivity index (χ0v) is 11.1. The van der Waals surface area contributed by atoms with Crippen molar-refractivity contribution < 1.29 is 0 Å². The molecule has 1 radical (unpaired) electrons. The molecule has 4 rings (SSSR count). The summed E-state index contributed by atoms with van der Waals surface area (Å²) in [5.41, 5.74) is 2.30. The molecular formula is C17H19N2. The van der Waals surface area contributed by atoms with Gasteiger partial charge in [0.2, 0.25) is 0 Å². The van der Waals surface area contributed by atoms with Gasteiger partial charge in [0.05, 0.1) is 11.7 Å². The second-order valence-electron chi connectivity index (χ2n) is 5.98. The summed E-state index contributed by atoms with van der Waals surface area (Å²) in [6, 6.07) is 11.1. The number of hydrogen-bond donors (Lipinski definition) is 1. The molecule has 2 heteroatoms. The Morgan fingerprint density at radius 1 is 1.16 bits per heavy atom. The molecule has 0 spiro atoms. The molecule has 2 aliphatic rings. The zero-order valence-electron chi connectivity index (χ0n) is 11.1. The third kappa shape index (κ3) is 1.95. The molecule has 2 heterocycles. The van der Waals surface area contributed by atoms with Crippen molar-refractivity contribution in [2.24, 2.45) is 11.8 Å². The molecule has 2 aromatic rings. The number of aromatic nitrogens is 1. The molecule has 1 saturated carbocycles. The Kier molecular flexibility index (Phi) is 2.77. The highest BCUT2D eigenvalue weighted by atomic mass is 15.0. The molecule has 1 aliphatic heterocycles. The Bertz CT molecular complexity index is 593. The van der Waals surface area contributed by atoms with Crippen LogP contribution in [0.1, 0.15) is 37.3 Å². The standard InChI is InChI=1S/C17H19N2/c1-3-7-15-13(6-1)10-19-17(15)14-9-12-5-2-4-8-16(12)18-11-14/h2,4-5,8-9,13,15,17,19H,1,3,6-7,10H2. The van der Waals surface area contributed by atoms with E-state index in [4.69, 9.17) is 0 Å². The van der Waals surface area contributed by atoms with E-state index >= 15 is 0 Å². The van der Waals surface area contributed by atoms with E-state index in [9.17, 15) is 0 Å². The first-order chi connectivity index (χ1) is 9.42.